The lowest BCUT2D eigenvalue weighted by atomic mass is 10.1. The van der Waals surface area contributed by atoms with Gasteiger partial charge in [-0.25, -0.2) is 0 Å². The molecule has 0 bridgehead atoms. The third-order valence-corrected chi connectivity index (χ3v) is 2.45. The van der Waals surface area contributed by atoms with Crippen molar-refractivity contribution in [2.75, 3.05) is 26.2 Å². The molecule has 0 spiro atoms. The van der Waals surface area contributed by atoms with Crippen LogP contribution in [-0.2, 0) is 0 Å². The van der Waals surface area contributed by atoms with Crippen molar-refractivity contribution in [3.05, 3.63) is 0 Å². The van der Waals surface area contributed by atoms with E-state index in [1.807, 2.05) is 0 Å². The molecule has 4 heteroatoms. The molecule has 18 heavy (non-hydrogen) atoms. The standard InChI is InChI=1S/C14H32N4/c1-6-8-9-10-16-13(15-7-2)17-11-12-18-14(3,4)5/h18H,6-12H2,1-5H3,(H2,15,16,17). The molecular formula is C14H32N4. The summed E-state index contributed by atoms with van der Waals surface area (Å²) in [4.78, 5) is 4.55. The lowest BCUT2D eigenvalue weighted by Crippen LogP contribution is -2.44. The van der Waals surface area contributed by atoms with Crippen LogP contribution in [0.4, 0.5) is 0 Å². The zero-order valence-electron chi connectivity index (χ0n) is 12.9. The molecule has 0 fully saturated rings. The highest BCUT2D eigenvalue weighted by Crippen LogP contribution is 1.96. The molecule has 0 unspecified atom stereocenters. The SMILES string of the molecule is CCCCCN=C(NCC)NCCNC(C)(C)C. The molecule has 0 heterocycles. The van der Waals surface area contributed by atoms with Crippen LogP contribution in [0.1, 0.15) is 53.9 Å². The predicted molar refractivity (Wildman–Crippen MR) is 81.3 cm³/mol. The van der Waals surface area contributed by atoms with Gasteiger partial charge in [-0.15, -0.1) is 0 Å². The van der Waals surface area contributed by atoms with Crippen LogP contribution in [0.15, 0.2) is 4.99 Å². The molecule has 3 N–H and O–H groups in total. The second-order valence-corrected chi connectivity index (χ2v) is 5.57. The first-order valence-electron chi connectivity index (χ1n) is 7.26. The Labute approximate surface area is 113 Å². The van der Waals surface area contributed by atoms with Gasteiger partial charge in [-0.05, 0) is 34.1 Å². The summed E-state index contributed by atoms with van der Waals surface area (Å²) in [5, 5.41) is 10.1. The monoisotopic (exact) mass is 256 g/mol. The van der Waals surface area contributed by atoms with Crippen LogP contribution in [0.5, 0.6) is 0 Å². The quantitative estimate of drug-likeness (QED) is 0.354. The molecule has 0 aliphatic rings. The maximum atomic E-state index is 4.55. The number of hydrogen-bond acceptors (Lipinski definition) is 2. The van der Waals surface area contributed by atoms with E-state index in [2.05, 4.69) is 55.6 Å². The van der Waals surface area contributed by atoms with E-state index in [-0.39, 0.29) is 5.54 Å². The maximum Gasteiger partial charge on any atom is 0.191 e. The second kappa shape index (κ2) is 10.2. The Morgan fingerprint density at radius 1 is 1.00 bits per heavy atom. The molecule has 0 aromatic heterocycles. The van der Waals surface area contributed by atoms with Gasteiger partial charge in [0.2, 0.25) is 0 Å². The molecule has 0 amide bonds. The molecule has 0 aliphatic carbocycles. The van der Waals surface area contributed by atoms with Crippen molar-refractivity contribution >= 4 is 5.96 Å². The molecule has 0 saturated carbocycles. The van der Waals surface area contributed by atoms with Crippen LogP contribution in [-0.4, -0.2) is 37.7 Å². The fourth-order valence-electron chi connectivity index (χ4n) is 1.51. The average Bonchev–Trinajstić information content (AvgIpc) is 2.28. The maximum absolute atomic E-state index is 4.55. The molecule has 0 radical (unpaired) electrons. The summed E-state index contributed by atoms with van der Waals surface area (Å²) < 4.78 is 0. The highest BCUT2D eigenvalue weighted by molar-refractivity contribution is 5.79. The second-order valence-electron chi connectivity index (χ2n) is 5.57. The summed E-state index contributed by atoms with van der Waals surface area (Å²) in [5.74, 6) is 0.935. The predicted octanol–water partition coefficient (Wildman–Crippen LogP) is 2.12. The van der Waals surface area contributed by atoms with E-state index >= 15 is 0 Å². The fourth-order valence-corrected chi connectivity index (χ4v) is 1.51. The number of unbranched alkanes of at least 4 members (excludes halogenated alkanes) is 2. The minimum absolute atomic E-state index is 0.179. The highest BCUT2D eigenvalue weighted by atomic mass is 15.2. The van der Waals surface area contributed by atoms with Gasteiger partial charge in [0.25, 0.3) is 0 Å². The van der Waals surface area contributed by atoms with Gasteiger partial charge < -0.3 is 16.0 Å². The summed E-state index contributed by atoms with van der Waals surface area (Å²) in [6.45, 7) is 14.5. The molecule has 0 rings (SSSR count). The van der Waals surface area contributed by atoms with Crippen LogP contribution in [0.25, 0.3) is 0 Å². The van der Waals surface area contributed by atoms with Crippen molar-refractivity contribution in [3.63, 3.8) is 0 Å². The van der Waals surface area contributed by atoms with E-state index in [4.69, 9.17) is 0 Å². The number of guanidine groups is 1. The number of nitrogens with zero attached hydrogens (tertiary/aromatic N) is 1. The summed E-state index contributed by atoms with van der Waals surface area (Å²) >= 11 is 0. The summed E-state index contributed by atoms with van der Waals surface area (Å²) in [7, 11) is 0. The van der Waals surface area contributed by atoms with Crippen LogP contribution in [0.3, 0.4) is 0 Å². The van der Waals surface area contributed by atoms with Gasteiger partial charge in [0.15, 0.2) is 5.96 Å². The van der Waals surface area contributed by atoms with Gasteiger partial charge in [0.05, 0.1) is 0 Å². The Kier molecular flexibility index (Phi) is 9.74. The molecule has 0 aromatic rings. The summed E-state index contributed by atoms with van der Waals surface area (Å²) in [5.41, 5.74) is 0.179. The Hall–Kier alpha value is -0.770. The molecule has 0 atom stereocenters. The van der Waals surface area contributed by atoms with Crippen molar-refractivity contribution < 1.29 is 0 Å². The number of nitrogens with one attached hydrogen (secondary N) is 3. The fraction of sp³-hybridized carbons (Fsp3) is 0.929. The first-order chi connectivity index (χ1) is 8.49. The third-order valence-electron chi connectivity index (χ3n) is 2.45. The summed E-state index contributed by atoms with van der Waals surface area (Å²) in [6, 6.07) is 0. The molecule has 0 saturated heterocycles. The van der Waals surface area contributed by atoms with Crippen molar-refractivity contribution in [1.29, 1.82) is 0 Å². The van der Waals surface area contributed by atoms with E-state index in [0.29, 0.717) is 0 Å². The van der Waals surface area contributed by atoms with E-state index < -0.39 is 0 Å². The van der Waals surface area contributed by atoms with Crippen molar-refractivity contribution in [3.8, 4) is 0 Å². The Bertz CT molecular complexity index is 218. The van der Waals surface area contributed by atoms with Crippen LogP contribution in [0.2, 0.25) is 0 Å². The van der Waals surface area contributed by atoms with Gasteiger partial charge >= 0.3 is 0 Å². The Balaban J connectivity index is 3.81. The van der Waals surface area contributed by atoms with Gasteiger partial charge in [-0.3, -0.25) is 4.99 Å². The van der Waals surface area contributed by atoms with Crippen molar-refractivity contribution in [1.82, 2.24) is 16.0 Å². The first kappa shape index (κ1) is 17.2. The molecule has 4 nitrogen and oxygen atoms in total. The van der Waals surface area contributed by atoms with Crippen LogP contribution >= 0.6 is 0 Å². The van der Waals surface area contributed by atoms with E-state index in [9.17, 15) is 0 Å². The number of rotatable bonds is 8. The zero-order chi connectivity index (χ0) is 13.9. The smallest absolute Gasteiger partial charge is 0.191 e. The largest absolute Gasteiger partial charge is 0.357 e. The lowest BCUT2D eigenvalue weighted by molar-refractivity contribution is 0.428. The van der Waals surface area contributed by atoms with E-state index in [0.717, 1.165) is 32.1 Å². The molecule has 108 valence electrons. The van der Waals surface area contributed by atoms with Gasteiger partial charge in [-0.1, -0.05) is 19.8 Å². The number of aliphatic imine (C=N–C) groups is 1. The normalized spacial score (nSPS) is 12.6. The van der Waals surface area contributed by atoms with E-state index in [1.54, 1.807) is 0 Å². The molecular weight excluding hydrogens is 224 g/mol. The van der Waals surface area contributed by atoms with Gasteiger partial charge in [0.1, 0.15) is 0 Å². The third kappa shape index (κ3) is 11.7. The van der Waals surface area contributed by atoms with Gasteiger partial charge in [0, 0.05) is 31.7 Å². The number of hydrogen-bond donors (Lipinski definition) is 3. The highest BCUT2D eigenvalue weighted by Gasteiger charge is 2.07. The average molecular weight is 256 g/mol. The van der Waals surface area contributed by atoms with Crippen LogP contribution < -0.4 is 16.0 Å². The summed E-state index contributed by atoms with van der Waals surface area (Å²) in [6.07, 6.45) is 3.68. The van der Waals surface area contributed by atoms with Crippen LogP contribution in [0, 0.1) is 0 Å². The first-order valence-corrected chi connectivity index (χ1v) is 7.26. The lowest BCUT2D eigenvalue weighted by Gasteiger charge is -2.21. The topological polar surface area (TPSA) is 48.5 Å². The molecule has 0 aliphatic heterocycles. The Morgan fingerprint density at radius 3 is 2.28 bits per heavy atom. The Morgan fingerprint density at radius 2 is 1.72 bits per heavy atom. The van der Waals surface area contributed by atoms with Crippen molar-refractivity contribution in [2.45, 2.75) is 59.4 Å². The minimum Gasteiger partial charge on any atom is -0.357 e. The van der Waals surface area contributed by atoms with Gasteiger partial charge in [-0.2, -0.15) is 0 Å². The molecule has 0 aromatic carbocycles. The minimum atomic E-state index is 0.179. The van der Waals surface area contributed by atoms with E-state index in [1.165, 1.54) is 19.3 Å². The van der Waals surface area contributed by atoms with Crippen molar-refractivity contribution in [2.24, 2.45) is 4.99 Å². The zero-order valence-corrected chi connectivity index (χ0v) is 12.9.